The second kappa shape index (κ2) is 33.5. The Hall–Kier alpha value is -8.13. The van der Waals surface area contributed by atoms with Crippen molar-refractivity contribution in [3.8, 4) is 6.01 Å². The third-order valence-corrected chi connectivity index (χ3v) is 14.2. The zero-order chi connectivity index (χ0) is 61.4. The van der Waals surface area contributed by atoms with E-state index in [1.54, 1.807) is 29.2 Å². The molecule has 0 aliphatic carbocycles. The molecule has 0 radical (unpaired) electrons. The minimum Gasteiger partial charge on any atom is -0.463 e. The van der Waals surface area contributed by atoms with E-state index in [2.05, 4.69) is 79.8 Å². The summed E-state index contributed by atoms with van der Waals surface area (Å²) in [5.41, 5.74) is 15.0. The van der Waals surface area contributed by atoms with E-state index in [9.17, 15) is 33.6 Å². The van der Waals surface area contributed by atoms with E-state index in [4.69, 9.17) is 45.8 Å². The molecule has 3 unspecified atom stereocenters. The second-order valence-corrected chi connectivity index (χ2v) is 20.8. The molecule has 1 saturated heterocycles. The molecule has 11 N–H and O–H groups in total. The van der Waals surface area contributed by atoms with Crippen molar-refractivity contribution in [3.63, 3.8) is 0 Å². The summed E-state index contributed by atoms with van der Waals surface area (Å²) in [5.74, 6) is 3.39. The first-order chi connectivity index (χ1) is 41.6. The molecule has 30 heteroatoms. The first-order valence-corrected chi connectivity index (χ1v) is 28.8. The summed E-state index contributed by atoms with van der Waals surface area (Å²) < 4.78 is 36.4. The van der Waals surface area contributed by atoms with Crippen LogP contribution in [0.25, 0.3) is 11.2 Å². The Morgan fingerprint density at radius 2 is 1.34 bits per heavy atom. The summed E-state index contributed by atoms with van der Waals surface area (Å²) in [6.45, 7) is 12.1. The maximum absolute atomic E-state index is 13.3. The molecule has 3 atom stereocenters. The zero-order valence-corrected chi connectivity index (χ0v) is 48.9. The van der Waals surface area contributed by atoms with Crippen LogP contribution in [0.5, 0.6) is 6.01 Å². The van der Waals surface area contributed by atoms with Gasteiger partial charge in [-0.25, -0.2) is 15.5 Å². The number of carbonyl (C=O) groups excluding carboxylic acids is 6. The van der Waals surface area contributed by atoms with Gasteiger partial charge in [-0.2, -0.15) is 9.97 Å². The van der Waals surface area contributed by atoms with Crippen molar-refractivity contribution in [1.29, 1.82) is 0 Å². The fourth-order valence-corrected chi connectivity index (χ4v) is 9.40. The maximum Gasteiger partial charge on any atom is 0.410 e. The molecule has 86 heavy (non-hydrogen) atoms. The Morgan fingerprint density at radius 3 is 1.99 bits per heavy atom. The molecule has 0 bridgehead atoms. The number of hydrogen-bond acceptors (Lipinski definition) is 21. The van der Waals surface area contributed by atoms with Crippen LogP contribution in [0.1, 0.15) is 93.6 Å². The Morgan fingerprint density at radius 1 is 0.721 bits per heavy atom. The highest BCUT2D eigenvalue weighted by molar-refractivity contribution is 6.00. The van der Waals surface area contributed by atoms with Gasteiger partial charge in [-0.3, -0.25) is 38.3 Å². The number of aromatic nitrogens is 7. The molecule has 2 aliphatic rings. The summed E-state index contributed by atoms with van der Waals surface area (Å²) in [7, 11) is 0. The van der Waals surface area contributed by atoms with Crippen LogP contribution in [0.15, 0.2) is 53.3 Å². The van der Waals surface area contributed by atoms with Gasteiger partial charge in [0, 0.05) is 37.7 Å². The number of imidazole rings is 1. The first-order valence-electron chi connectivity index (χ1n) is 28.8. The predicted molar refractivity (Wildman–Crippen MR) is 310 cm³/mol. The number of fused-ring (bicyclic) bond motifs is 2. The van der Waals surface area contributed by atoms with Crippen LogP contribution in [0.3, 0.4) is 0 Å². The third-order valence-electron chi connectivity index (χ3n) is 14.2. The quantitative estimate of drug-likeness (QED) is 0.0204. The summed E-state index contributed by atoms with van der Waals surface area (Å²) in [6, 6.07) is 11.2. The van der Waals surface area contributed by atoms with Gasteiger partial charge in [0.05, 0.1) is 85.6 Å². The topological polar surface area (TPSA) is 394 Å². The largest absolute Gasteiger partial charge is 0.463 e. The Balaban J connectivity index is 0.773. The number of nitrogen functional groups attached to an aromatic ring is 1. The number of primary amides is 1. The fraction of sp³-hybridized carbons (Fsp3) is 0.554. The normalized spacial score (nSPS) is 14.7. The predicted octanol–water partition coefficient (Wildman–Crippen LogP) is 0.707. The standard InChI is InChI=1S/C56H80N16O14/c1-4-5-21-84-54-65-48(58)47-50(66-54)72(55(78)64-47)33-39-8-6-38(7-9-39)32-69-17-14-41(15-18-69)49-68-67-45-34-70(19-20-71(45)49)56(79)85-35-40-10-12-42(13-11-40)62-53(77)43(31-44(57)73)63-52(76)37(3)61-51(75)36(2)60-46(74)16-22-80-23-24-81-25-26-82-27-28-83-29-30-86-59/h6-13,36-37,41,43H,4-5,14-35,59H2,1-3H3,(H2,57,73)(H,60,74)(H,61,75)(H,62,77)(H,63,76)(H,64,78)(H2,58,65,66). The average Bonchev–Trinajstić information content (AvgIpc) is 4.01. The number of aromatic amines is 1. The minimum atomic E-state index is -1.39. The molecule has 5 heterocycles. The van der Waals surface area contributed by atoms with Gasteiger partial charge in [-0.05, 0) is 75.0 Å². The lowest BCUT2D eigenvalue weighted by Crippen LogP contribution is -2.55. The molecule has 2 aromatic carbocycles. The van der Waals surface area contributed by atoms with Crippen molar-refractivity contribution in [2.24, 2.45) is 11.6 Å². The molecular formula is C56H80N16O14. The Bertz CT molecular complexity index is 3080. The third kappa shape index (κ3) is 20.0. The molecule has 0 saturated carbocycles. The minimum absolute atomic E-state index is 0.0300. The van der Waals surface area contributed by atoms with Crippen molar-refractivity contribution < 1.29 is 62.0 Å². The van der Waals surface area contributed by atoms with E-state index >= 15 is 0 Å². The highest BCUT2D eigenvalue weighted by Crippen LogP contribution is 2.30. The average molecular weight is 1200 g/mol. The van der Waals surface area contributed by atoms with Gasteiger partial charge in [-0.1, -0.05) is 49.7 Å². The molecule has 1 fully saturated rings. The van der Waals surface area contributed by atoms with Crippen molar-refractivity contribution in [1.82, 2.24) is 60.0 Å². The lowest BCUT2D eigenvalue weighted by Gasteiger charge is -2.33. The summed E-state index contributed by atoms with van der Waals surface area (Å²) in [5, 5.41) is 19.2. The van der Waals surface area contributed by atoms with E-state index in [0.717, 1.165) is 62.3 Å². The SMILES string of the molecule is CCCCOc1nc(N)c2[nH]c(=O)n(Cc3ccc(CN4CCC(c5nnc6n5CCN(C(=O)OCc5ccc(NC(=O)C(CC(N)=O)NC(=O)C(C)NC(=O)C(C)NC(=O)CCOCCOCCOCCOCCON)cc5)C6)CC4)cc3)c2n1. The molecule has 2 aliphatic heterocycles. The van der Waals surface area contributed by atoms with E-state index in [0.29, 0.717) is 101 Å². The molecule has 30 nitrogen and oxygen atoms in total. The number of carbonyl (C=O) groups is 6. The van der Waals surface area contributed by atoms with Crippen LogP contribution < -0.4 is 49.1 Å². The second-order valence-electron chi connectivity index (χ2n) is 20.8. The Labute approximate surface area is 496 Å². The number of likely N-dealkylation sites (tertiary alicyclic amines) is 1. The summed E-state index contributed by atoms with van der Waals surface area (Å²) >= 11 is 0. The van der Waals surface area contributed by atoms with Crippen molar-refractivity contribution in [2.75, 3.05) is 96.8 Å². The van der Waals surface area contributed by atoms with Crippen LogP contribution in [0, 0.1) is 0 Å². The van der Waals surface area contributed by atoms with Gasteiger partial charge in [0.25, 0.3) is 0 Å². The molecule has 6 amide bonds. The highest BCUT2D eigenvalue weighted by atomic mass is 16.6. The van der Waals surface area contributed by atoms with Gasteiger partial charge in [0.15, 0.2) is 17.3 Å². The van der Waals surface area contributed by atoms with Crippen molar-refractivity contribution in [2.45, 2.75) is 116 Å². The first kappa shape index (κ1) is 65.4. The number of nitrogens with zero attached hydrogens (tertiary/aromatic N) is 8. The number of unbranched alkanes of at least 4 members (excludes halogenated alkanes) is 1. The van der Waals surface area contributed by atoms with Gasteiger partial charge in [-0.15, -0.1) is 10.2 Å². The molecule has 7 rings (SSSR count). The highest BCUT2D eigenvalue weighted by Gasteiger charge is 2.32. The van der Waals surface area contributed by atoms with Crippen molar-refractivity contribution in [3.05, 3.63) is 87.4 Å². The number of benzene rings is 2. The van der Waals surface area contributed by atoms with Crippen LogP contribution in [-0.4, -0.2) is 184 Å². The van der Waals surface area contributed by atoms with E-state index in [-0.39, 0.29) is 56.2 Å². The molecule has 0 spiro atoms. The van der Waals surface area contributed by atoms with E-state index in [1.165, 1.54) is 18.4 Å². The summed E-state index contributed by atoms with van der Waals surface area (Å²) in [6.07, 6.45) is 2.53. The molecular weight excluding hydrogens is 1120 g/mol. The van der Waals surface area contributed by atoms with Gasteiger partial charge in [0.1, 0.15) is 36.1 Å². The van der Waals surface area contributed by atoms with Gasteiger partial charge >= 0.3 is 17.8 Å². The van der Waals surface area contributed by atoms with Crippen molar-refractivity contribution >= 4 is 58.3 Å². The summed E-state index contributed by atoms with van der Waals surface area (Å²) in [4.78, 5) is 110. The molecule has 468 valence electrons. The smallest absolute Gasteiger partial charge is 0.410 e. The number of piperidine rings is 1. The number of amides is 6. The maximum atomic E-state index is 13.3. The van der Waals surface area contributed by atoms with Crippen LogP contribution in [-0.2, 0) is 85.3 Å². The molecule has 5 aromatic rings. The van der Waals surface area contributed by atoms with E-state index < -0.39 is 60.2 Å². The lowest BCUT2D eigenvalue weighted by molar-refractivity contribution is -0.133. The number of nitrogens with one attached hydrogen (secondary N) is 5. The monoisotopic (exact) mass is 1200 g/mol. The zero-order valence-electron chi connectivity index (χ0n) is 48.9. The van der Waals surface area contributed by atoms with Gasteiger partial charge < -0.3 is 75.5 Å². The number of rotatable bonds is 35. The number of nitrogens with two attached hydrogens (primary N) is 3. The molecule has 3 aromatic heterocycles. The fourth-order valence-electron chi connectivity index (χ4n) is 9.40. The van der Waals surface area contributed by atoms with Gasteiger partial charge in [0.2, 0.25) is 29.5 Å². The van der Waals surface area contributed by atoms with Crippen LogP contribution >= 0.6 is 0 Å². The number of ether oxygens (including phenoxy) is 6. The lowest BCUT2D eigenvalue weighted by atomic mass is 9.95. The number of hydrogen-bond donors (Lipinski definition) is 8. The van der Waals surface area contributed by atoms with Crippen LogP contribution in [0.2, 0.25) is 0 Å². The van der Waals surface area contributed by atoms with Crippen LogP contribution in [0.4, 0.5) is 16.3 Å². The Kier molecular flexibility index (Phi) is 25.5. The number of anilines is 2. The number of H-pyrrole nitrogens is 1. The van der Waals surface area contributed by atoms with E-state index in [1.807, 2.05) is 12.1 Å².